The van der Waals surface area contributed by atoms with E-state index in [-0.39, 0.29) is 5.91 Å². The van der Waals surface area contributed by atoms with Gasteiger partial charge in [0.2, 0.25) is 0 Å². The maximum Gasteiger partial charge on any atom is 0.271 e. The maximum absolute atomic E-state index is 11.9. The Morgan fingerprint density at radius 3 is 2.95 bits per heavy atom. The van der Waals surface area contributed by atoms with E-state index in [0.29, 0.717) is 17.1 Å². The van der Waals surface area contributed by atoms with Gasteiger partial charge in [-0.05, 0) is 34.1 Å². The van der Waals surface area contributed by atoms with Crippen molar-refractivity contribution < 1.29 is 13.9 Å². The number of rotatable bonds is 4. The normalized spacial score (nSPS) is 10.8. The molecule has 0 unspecified atom stereocenters. The van der Waals surface area contributed by atoms with E-state index in [1.165, 1.54) is 6.21 Å². The topological polar surface area (TPSA) is 63.8 Å². The summed E-state index contributed by atoms with van der Waals surface area (Å²) < 4.78 is 12.0. The van der Waals surface area contributed by atoms with E-state index in [0.717, 1.165) is 8.24 Å². The van der Waals surface area contributed by atoms with Crippen LogP contribution in [0, 0.1) is 3.77 Å². The molecule has 0 bridgehead atoms. The van der Waals surface area contributed by atoms with Crippen LogP contribution in [0.3, 0.4) is 0 Å². The fourth-order valence-electron chi connectivity index (χ4n) is 1.41. The highest BCUT2D eigenvalue weighted by atomic mass is 127. The summed E-state index contributed by atoms with van der Waals surface area (Å²) in [6.07, 6.45) is 1.44. The number of hydrogen-bond acceptors (Lipinski definition) is 4. The van der Waals surface area contributed by atoms with E-state index >= 15 is 0 Å². The minimum Gasteiger partial charge on any atom is -0.497 e. The smallest absolute Gasteiger partial charge is 0.271 e. The zero-order valence-electron chi connectivity index (χ0n) is 10.4. The van der Waals surface area contributed by atoms with Crippen molar-refractivity contribution in [1.29, 1.82) is 0 Å². The molecule has 2 aromatic rings. The number of halogens is 2. The molecular weight excluding hydrogens is 439 g/mol. The van der Waals surface area contributed by atoms with Crippen molar-refractivity contribution in [3.05, 3.63) is 49.9 Å². The van der Waals surface area contributed by atoms with Gasteiger partial charge in [0.15, 0.2) is 3.77 Å². The zero-order valence-corrected chi connectivity index (χ0v) is 14.1. The van der Waals surface area contributed by atoms with Gasteiger partial charge in [-0.15, -0.1) is 0 Å². The molecule has 20 heavy (non-hydrogen) atoms. The number of carbonyl (C=O) groups excluding carboxylic acids is 1. The van der Waals surface area contributed by atoms with Crippen molar-refractivity contribution in [2.24, 2.45) is 5.10 Å². The van der Waals surface area contributed by atoms with E-state index in [4.69, 9.17) is 9.15 Å². The molecule has 104 valence electrons. The second-order valence-corrected chi connectivity index (χ2v) is 5.54. The number of amides is 1. The molecule has 1 aromatic carbocycles. The summed E-state index contributed by atoms with van der Waals surface area (Å²) in [5.74, 6) is 0.846. The lowest BCUT2D eigenvalue weighted by atomic mass is 10.2. The SMILES string of the molecule is COc1cccc(C(=O)N/N=C\c2cc(Br)c(I)o2)c1. The lowest BCUT2D eigenvalue weighted by Gasteiger charge is -2.02. The highest BCUT2D eigenvalue weighted by Crippen LogP contribution is 2.22. The highest BCUT2D eigenvalue weighted by molar-refractivity contribution is 14.1. The molecule has 2 rings (SSSR count). The number of ether oxygens (including phenoxy) is 1. The first kappa shape index (κ1) is 15.0. The second-order valence-electron chi connectivity index (χ2n) is 3.70. The van der Waals surface area contributed by atoms with Crippen molar-refractivity contribution in [3.8, 4) is 5.75 Å². The van der Waals surface area contributed by atoms with E-state index < -0.39 is 0 Å². The highest BCUT2D eigenvalue weighted by Gasteiger charge is 2.06. The first-order valence-corrected chi connectivity index (χ1v) is 7.39. The fraction of sp³-hybridized carbons (Fsp3) is 0.0769. The summed E-state index contributed by atoms with van der Waals surface area (Å²) in [5.41, 5.74) is 2.89. The van der Waals surface area contributed by atoms with Crippen LogP contribution in [0.1, 0.15) is 16.1 Å². The van der Waals surface area contributed by atoms with Crippen LogP contribution in [0.5, 0.6) is 5.75 Å². The van der Waals surface area contributed by atoms with Crippen LogP contribution >= 0.6 is 38.5 Å². The Bertz CT molecular complexity index is 635. The standard InChI is InChI=1S/C13H10BrIN2O3/c1-19-9-4-2-3-8(5-9)13(18)17-16-7-10-6-11(14)12(15)20-10/h2-7H,1H3,(H,17,18)/b16-7-. The third-order valence-corrected chi connectivity index (χ3v) is 4.49. The minimum absolute atomic E-state index is 0.319. The molecule has 1 amide bonds. The van der Waals surface area contributed by atoms with Gasteiger partial charge in [0.25, 0.3) is 5.91 Å². The van der Waals surface area contributed by atoms with Crippen LogP contribution in [0.25, 0.3) is 0 Å². The van der Waals surface area contributed by atoms with Gasteiger partial charge in [0.1, 0.15) is 11.5 Å². The Morgan fingerprint density at radius 1 is 1.50 bits per heavy atom. The molecule has 7 heteroatoms. The molecule has 5 nitrogen and oxygen atoms in total. The van der Waals surface area contributed by atoms with Crippen LogP contribution in [-0.2, 0) is 0 Å². The molecule has 1 heterocycles. The van der Waals surface area contributed by atoms with Gasteiger partial charge in [-0.25, -0.2) is 5.43 Å². The number of furan rings is 1. The molecule has 0 atom stereocenters. The van der Waals surface area contributed by atoms with Crippen LogP contribution < -0.4 is 10.2 Å². The molecule has 0 aliphatic carbocycles. The second kappa shape index (κ2) is 6.89. The summed E-state index contributed by atoms with van der Waals surface area (Å²) in [7, 11) is 1.55. The summed E-state index contributed by atoms with van der Waals surface area (Å²) in [6, 6.07) is 8.59. The fourth-order valence-corrected chi connectivity index (χ4v) is 2.13. The predicted molar refractivity (Wildman–Crippen MR) is 87.2 cm³/mol. The number of nitrogens with zero attached hydrogens (tertiary/aromatic N) is 1. The molecule has 1 aromatic heterocycles. The van der Waals surface area contributed by atoms with Crippen molar-refractivity contribution in [2.75, 3.05) is 7.11 Å². The number of hydrazone groups is 1. The molecule has 0 saturated carbocycles. The van der Waals surface area contributed by atoms with Gasteiger partial charge in [0, 0.05) is 34.2 Å². The first-order chi connectivity index (χ1) is 9.60. The Kier molecular flexibility index (Phi) is 5.18. The van der Waals surface area contributed by atoms with E-state index in [1.54, 1.807) is 37.4 Å². The number of nitrogens with one attached hydrogen (secondary N) is 1. The number of benzene rings is 1. The average Bonchev–Trinajstić information content (AvgIpc) is 2.77. The van der Waals surface area contributed by atoms with Gasteiger partial charge in [-0.2, -0.15) is 5.10 Å². The first-order valence-electron chi connectivity index (χ1n) is 5.52. The molecule has 0 aliphatic heterocycles. The van der Waals surface area contributed by atoms with E-state index in [2.05, 4.69) is 49.0 Å². The van der Waals surface area contributed by atoms with Crippen LogP contribution in [0.15, 0.2) is 44.3 Å². The largest absolute Gasteiger partial charge is 0.497 e. The number of methoxy groups -OCH3 is 1. The Morgan fingerprint density at radius 2 is 2.30 bits per heavy atom. The Balaban J connectivity index is 2.01. The average molecular weight is 449 g/mol. The molecular formula is C13H10BrIN2O3. The third kappa shape index (κ3) is 3.83. The van der Waals surface area contributed by atoms with Crippen molar-refractivity contribution >= 4 is 50.6 Å². The maximum atomic E-state index is 11.9. The Labute approximate surface area is 137 Å². The lowest BCUT2D eigenvalue weighted by molar-refractivity contribution is 0.0955. The minimum atomic E-state index is -0.319. The van der Waals surface area contributed by atoms with Gasteiger partial charge in [0.05, 0.1) is 17.8 Å². The van der Waals surface area contributed by atoms with Crippen LogP contribution in [-0.4, -0.2) is 19.2 Å². The van der Waals surface area contributed by atoms with Crippen molar-refractivity contribution in [3.63, 3.8) is 0 Å². The Hall–Kier alpha value is -1.35. The van der Waals surface area contributed by atoms with Gasteiger partial charge >= 0.3 is 0 Å². The molecule has 0 saturated heterocycles. The third-order valence-electron chi connectivity index (χ3n) is 2.35. The van der Waals surface area contributed by atoms with Crippen LogP contribution in [0.2, 0.25) is 0 Å². The summed E-state index contributed by atoms with van der Waals surface area (Å²) >= 11 is 5.38. The summed E-state index contributed by atoms with van der Waals surface area (Å²) in [4.78, 5) is 11.9. The van der Waals surface area contributed by atoms with E-state index in [9.17, 15) is 4.79 Å². The summed E-state index contributed by atoms with van der Waals surface area (Å²) in [5, 5.41) is 3.84. The monoisotopic (exact) mass is 448 g/mol. The van der Waals surface area contributed by atoms with Crippen molar-refractivity contribution in [2.45, 2.75) is 0 Å². The molecule has 1 N–H and O–H groups in total. The summed E-state index contributed by atoms with van der Waals surface area (Å²) in [6.45, 7) is 0. The predicted octanol–water partition coefficient (Wildman–Crippen LogP) is 3.42. The molecule has 0 fully saturated rings. The molecule has 0 radical (unpaired) electrons. The zero-order chi connectivity index (χ0) is 14.5. The van der Waals surface area contributed by atoms with Gasteiger partial charge in [-0.3, -0.25) is 4.79 Å². The van der Waals surface area contributed by atoms with Gasteiger partial charge in [-0.1, -0.05) is 6.07 Å². The quantitative estimate of drug-likeness (QED) is 0.442. The number of carbonyl (C=O) groups is 1. The molecule has 0 aliphatic rings. The number of hydrogen-bond donors (Lipinski definition) is 1. The van der Waals surface area contributed by atoms with E-state index in [1.807, 2.05) is 0 Å². The molecule has 0 spiro atoms. The lowest BCUT2D eigenvalue weighted by Crippen LogP contribution is -2.17. The van der Waals surface area contributed by atoms with Crippen LogP contribution in [0.4, 0.5) is 0 Å². The van der Waals surface area contributed by atoms with Gasteiger partial charge < -0.3 is 9.15 Å². The van der Waals surface area contributed by atoms with Crippen molar-refractivity contribution in [1.82, 2.24) is 5.43 Å².